The van der Waals surface area contributed by atoms with Crippen molar-refractivity contribution in [2.75, 3.05) is 0 Å². The van der Waals surface area contributed by atoms with Gasteiger partial charge in [0.2, 0.25) is 5.78 Å². The lowest BCUT2D eigenvalue weighted by atomic mass is 10.1. The molecule has 0 saturated heterocycles. The van der Waals surface area contributed by atoms with Crippen molar-refractivity contribution in [3.8, 4) is 0 Å². The highest BCUT2D eigenvalue weighted by molar-refractivity contribution is 6.05. The first-order valence-electron chi connectivity index (χ1n) is 7.52. The number of nitrogens with zero attached hydrogens (tertiary/aromatic N) is 4. The summed E-state index contributed by atoms with van der Waals surface area (Å²) in [5, 5.41) is 18.6. The highest BCUT2D eigenvalue weighted by Crippen LogP contribution is 2.28. The van der Waals surface area contributed by atoms with Crippen LogP contribution < -0.4 is 0 Å². The highest BCUT2D eigenvalue weighted by Gasteiger charge is 2.19. The fourth-order valence-electron chi connectivity index (χ4n) is 2.70. The smallest absolute Gasteiger partial charge is 0.269 e. The van der Waals surface area contributed by atoms with Gasteiger partial charge in [0.1, 0.15) is 0 Å². The summed E-state index contributed by atoms with van der Waals surface area (Å²) in [6.07, 6.45) is 9.25. The molecule has 0 spiro atoms. The topological polar surface area (TPSA) is 90.9 Å². The minimum Gasteiger partial charge on any atom is -0.287 e. The largest absolute Gasteiger partial charge is 0.287 e. The highest BCUT2D eigenvalue weighted by atomic mass is 16.6. The molecule has 1 aromatic heterocycles. The van der Waals surface area contributed by atoms with E-state index in [4.69, 9.17) is 0 Å². The van der Waals surface area contributed by atoms with E-state index < -0.39 is 4.92 Å². The molecule has 1 aliphatic carbocycles. The fourth-order valence-corrected chi connectivity index (χ4v) is 2.70. The molecule has 0 radical (unpaired) electrons. The summed E-state index contributed by atoms with van der Waals surface area (Å²) in [5.41, 5.74) is 1.05. The molecule has 23 heavy (non-hydrogen) atoms. The third-order valence-electron chi connectivity index (χ3n) is 3.99. The Morgan fingerprint density at radius 3 is 2.61 bits per heavy atom. The lowest BCUT2D eigenvalue weighted by Gasteiger charge is -2.06. The van der Waals surface area contributed by atoms with Crippen LogP contribution >= 0.6 is 0 Å². The standard InChI is InChI=1S/C16H16N4O3/c21-16(10-7-12-5-8-14(9-6-12)20(22)23)15-11-19(18-17-15)13-3-1-2-4-13/h5-11,13H,1-4H2. The second kappa shape index (κ2) is 6.51. The van der Waals surface area contributed by atoms with Gasteiger partial charge < -0.3 is 0 Å². The zero-order chi connectivity index (χ0) is 16.2. The van der Waals surface area contributed by atoms with Gasteiger partial charge in [-0.05, 0) is 36.6 Å². The van der Waals surface area contributed by atoms with Crippen LogP contribution in [0.1, 0.15) is 47.8 Å². The third kappa shape index (κ3) is 3.50. The summed E-state index contributed by atoms with van der Waals surface area (Å²) >= 11 is 0. The molecule has 0 unspecified atom stereocenters. The Balaban J connectivity index is 1.67. The third-order valence-corrected chi connectivity index (χ3v) is 3.99. The number of nitro groups is 1. The van der Waals surface area contributed by atoms with Gasteiger partial charge in [0.25, 0.3) is 5.69 Å². The summed E-state index contributed by atoms with van der Waals surface area (Å²) in [6, 6.07) is 6.35. The number of hydrogen-bond donors (Lipinski definition) is 0. The van der Waals surface area contributed by atoms with E-state index in [2.05, 4.69) is 10.3 Å². The molecular weight excluding hydrogens is 296 g/mol. The van der Waals surface area contributed by atoms with Crippen LogP contribution in [0.25, 0.3) is 6.08 Å². The Labute approximate surface area is 132 Å². The molecule has 7 heteroatoms. The first-order valence-corrected chi connectivity index (χ1v) is 7.52. The maximum Gasteiger partial charge on any atom is 0.269 e. The van der Waals surface area contributed by atoms with Gasteiger partial charge in [-0.15, -0.1) is 5.10 Å². The normalized spacial score (nSPS) is 15.3. The molecule has 1 aliphatic rings. The van der Waals surface area contributed by atoms with E-state index in [0.29, 0.717) is 17.3 Å². The van der Waals surface area contributed by atoms with Crippen LogP contribution in [0, 0.1) is 10.1 Å². The average Bonchev–Trinajstić information content (AvgIpc) is 3.23. The molecule has 0 bridgehead atoms. The van der Waals surface area contributed by atoms with Gasteiger partial charge >= 0.3 is 0 Å². The predicted octanol–water partition coefficient (Wildman–Crippen LogP) is 3.20. The minimum atomic E-state index is -0.458. The van der Waals surface area contributed by atoms with Crippen LogP contribution in [0.3, 0.4) is 0 Å². The maximum absolute atomic E-state index is 12.1. The van der Waals surface area contributed by atoms with Crippen LogP contribution in [0.2, 0.25) is 0 Å². The fraction of sp³-hybridized carbons (Fsp3) is 0.312. The Hall–Kier alpha value is -2.83. The first-order chi connectivity index (χ1) is 11.1. The van der Waals surface area contributed by atoms with Crippen molar-refractivity contribution in [2.45, 2.75) is 31.7 Å². The average molecular weight is 312 g/mol. The number of carbonyl (C=O) groups is 1. The molecule has 0 aliphatic heterocycles. The number of benzene rings is 1. The molecule has 7 nitrogen and oxygen atoms in total. The minimum absolute atomic E-state index is 0.0213. The van der Waals surface area contributed by atoms with Crippen molar-refractivity contribution in [1.82, 2.24) is 15.0 Å². The van der Waals surface area contributed by atoms with Crippen molar-refractivity contribution >= 4 is 17.5 Å². The van der Waals surface area contributed by atoms with Crippen LogP contribution in [0.5, 0.6) is 0 Å². The Kier molecular flexibility index (Phi) is 4.27. The number of aromatic nitrogens is 3. The van der Waals surface area contributed by atoms with Crippen LogP contribution in [0.4, 0.5) is 5.69 Å². The quantitative estimate of drug-likeness (QED) is 0.366. The van der Waals surface area contributed by atoms with Crippen molar-refractivity contribution in [2.24, 2.45) is 0 Å². The van der Waals surface area contributed by atoms with E-state index >= 15 is 0 Å². The van der Waals surface area contributed by atoms with E-state index in [1.807, 2.05) is 0 Å². The molecule has 1 heterocycles. The lowest BCUT2D eigenvalue weighted by Crippen LogP contribution is -2.05. The molecule has 0 amide bonds. The molecule has 3 rings (SSSR count). The molecule has 118 valence electrons. The summed E-state index contributed by atoms with van der Waals surface area (Å²) < 4.78 is 1.78. The van der Waals surface area contributed by atoms with Crippen LogP contribution in [-0.4, -0.2) is 25.7 Å². The number of carbonyl (C=O) groups excluding carboxylic acids is 1. The number of allylic oxidation sites excluding steroid dienone is 1. The van der Waals surface area contributed by atoms with E-state index in [-0.39, 0.29) is 11.5 Å². The number of hydrogen-bond acceptors (Lipinski definition) is 5. The van der Waals surface area contributed by atoms with Crippen molar-refractivity contribution in [3.63, 3.8) is 0 Å². The summed E-state index contributed by atoms with van der Waals surface area (Å²) in [7, 11) is 0. The molecule has 1 aromatic carbocycles. The predicted molar refractivity (Wildman–Crippen MR) is 84.0 cm³/mol. The Morgan fingerprint density at radius 1 is 1.26 bits per heavy atom. The van der Waals surface area contributed by atoms with Gasteiger partial charge in [-0.1, -0.05) is 24.1 Å². The second-order valence-electron chi connectivity index (χ2n) is 5.57. The molecule has 0 atom stereocenters. The number of ketones is 1. The SMILES string of the molecule is O=C(C=Cc1ccc([N+](=O)[O-])cc1)c1cn(C2CCCC2)nn1. The monoisotopic (exact) mass is 312 g/mol. The van der Waals surface area contributed by atoms with Gasteiger partial charge in [0, 0.05) is 12.1 Å². The second-order valence-corrected chi connectivity index (χ2v) is 5.57. The lowest BCUT2D eigenvalue weighted by molar-refractivity contribution is -0.384. The van der Waals surface area contributed by atoms with Gasteiger partial charge in [-0.2, -0.15) is 0 Å². The summed E-state index contributed by atoms with van der Waals surface area (Å²) in [4.78, 5) is 22.2. The molecule has 1 fully saturated rings. The van der Waals surface area contributed by atoms with Crippen molar-refractivity contribution in [1.29, 1.82) is 0 Å². The zero-order valence-electron chi connectivity index (χ0n) is 12.5. The zero-order valence-corrected chi connectivity index (χ0v) is 12.5. The molecular formula is C16H16N4O3. The number of nitro benzene ring substituents is 1. The molecule has 0 N–H and O–H groups in total. The number of rotatable bonds is 5. The Bertz CT molecular complexity index is 743. The Morgan fingerprint density at radius 2 is 1.96 bits per heavy atom. The van der Waals surface area contributed by atoms with E-state index in [1.54, 1.807) is 29.1 Å². The molecule has 1 saturated carbocycles. The van der Waals surface area contributed by atoms with Crippen molar-refractivity contribution in [3.05, 3.63) is 57.9 Å². The molecule has 2 aromatic rings. The first kappa shape index (κ1) is 15.1. The van der Waals surface area contributed by atoms with Gasteiger partial charge in [0.05, 0.1) is 17.2 Å². The number of non-ortho nitro benzene ring substituents is 1. The maximum atomic E-state index is 12.1. The van der Waals surface area contributed by atoms with E-state index in [9.17, 15) is 14.9 Å². The van der Waals surface area contributed by atoms with Gasteiger partial charge in [0.15, 0.2) is 5.69 Å². The van der Waals surface area contributed by atoms with Crippen molar-refractivity contribution < 1.29 is 9.72 Å². The van der Waals surface area contributed by atoms with Gasteiger partial charge in [-0.25, -0.2) is 4.68 Å². The van der Waals surface area contributed by atoms with Crippen LogP contribution in [-0.2, 0) is 0 Å². The summed E-state index contributed by atoms with van der Waals surface area (Å²) in [6.45, 7) is 0. The van der Waals surface area contributed by atoms with E-state index in [0.717, 1.165) is 12.8 Å². The van der Waals surface area contributed by atoms with E-state index in [1.165, 1.54) is 31.1 Å². The van der Waals surface area contributed by atoms with Gasteiger partial charge in [-0.3, -0.25) is 14.9 Å². The summed E-state index contributed by atoms with van der Waals surface area (Å²) in [5.74, 6) is -0.229. The van der Waals surface area contributed by atoms with Crippen LogP contribution in [0.15, 0.2) is 36.5 Å².